The van der Waals surface area contributed by atoms with E-state index in [9.17, 15) is 0 Å². The van der Waals surface area contributed by atoms with E-state index < -0.39 is 0 Å². The average Bonchev–Trinajstić information content (AvgIpc) is 2.75. The van der Waals surface area contributed by atoms with E-state index in [-0.39, 0.29) is 6.10 Å². The maximum Gasteiger partial charge on any atom is 0.122 e. The number of rotatable bonds is 10. The van der Waals surface area contributed by atoms with Crippen LogP contribution in [0.4, 0.5) is 0 Å². The van der Waals surface area contributed by atoms with Gasteiger partial charge in [-0.05, 0) is 62.4 Å². The van der Waals surface area contributed by atoms with Gasteiger partial charge in [-0.3, -0.25) is 0 Å². The number of unbranched alkanes of at least 4 members (excludes halogenated alkanes) is 1. The Morgan fingerprint density at radius 1 is 0.759 bits per heavy atom. The minimum absolute atomic E-state index is 0.184. The second-order valence-electron chi connectivity index (χ2n) is 7.76. The summed E-state index contributed by atoms with van der Waals surface area (Å²) in [5.41, 5.74) is 3.98. The van der Waals surface area contributed by atoms with Crippen LogP contribution in [0.15, 0.2) is 78.9 Å². The van der Waals surface area contributed by atoms with Crippen molar-refractivity contribution in [2.75, 3.05) is 7.11 Å². The Labute approximate surface area is 175 Å². The van der Waals surface area contributed by atoms with Crippen molar-refractivity contribution in [1.29, 1.82) is 0 Å². The van der Waals surface area contributed by atoms with Gasteiger partial charge in [-0.2, -0.15) is 0 Å². The summed E-state index contributed by atoms with van der Waals surface area (Å²) in [6, 6.07) is 27.7. The third-order valence-corrected chi connectivity index (χ3v) is 5.22. The van der Waals surface area contributed by atoms with Crippen LogP contribution in [0.3, 0.4) is 0 Å². The number of aryl methyl sites for hydroxylation is 1. The number of methoxy groups -OCH3 is 1. The first-order valence-corrected chi connectivity index (χ1v) is 10.6. The van der Waals surface area contributed by atoms with Gasteiger partial charge in [0.1, 0.15) is 11.5 Å². The lowest BCUT2D eigenvalue weighted by molar-refractivity contribution is 0.242. The summed E-state index contributed by atoms with van der Waals surface area (Å²) in [5, 5.41) is 0. The summed E-state index contributed by atoms with van der Waals surface area (Å²) in [6.45, 7) is 4.11. The number of ether oxygens (including phenoxy) is 2. The fourth-order valence-electron chi connectivity index (χ4n) is 3.83. The monoisotopic (exact) mass is 388 g/mol. The molecule has 0 radical (unpaired) electrons. The summed E-state index contributed by atoms with van der Waals surface area (Å²) in [5.74, 6) is 2.20. The Kier molecular flexibility index (Phi) is 7.75. The molecule has 0 aliphatic rings. The molecule has 0 aliphatic heterocycles. The third-order valence-electron chi connectivity index (χ3n) is 5.22. The molecule has 3 aromatic carbocycles. The van der Waals surface area contributed by atoms with Crippen LogP contribution < -0.4 is 9.47 Å². The molecular weight excluding hydrogens is 356 g/mol. The van der Waals surface area contributed by atoms with Crippen LogP contribution >= 0.6 is 0 Å². The number of para-hydroxylation sites is 1. The Balaban J connectivity index is 1.74. The van der Waals surface area contributed by atoms with Crippen molar-refractivity contribution in [3.05, 3.63) is 95.6 Å². The molecule has 0 saturated carbocycles. The van der Waals surface area contributed by atoms with Crippen molar-refractivity contribution < 1.29 is 9.47 Å². The van der Waals surface area contributed by atoms with Crippen molar-refractivity contribution in [3.63, 3.8) is 0 Å². The standard InChI is InChI=1S/C27H32O2/c1-21(2)29-24-19-17-23(18-20-24)25(26-15-9-10-16-27(26)28-3)14-8-7-13-22-11-5-4-6-12-22/h4-6,9-12,15-21,25H,7-8,13-14H2,1-3H3/t25-/m0/s1. The lowest BCUT2D eigenvalue weighted by Crippen LogP contribution is -2.07. The molecule has 152 valence electrons. The minimum atomic E-state index is 0.184. The van der Waals surface area contributed by atoms with Crippen LogP contribution in [0.25, 0.3) is 0 Å². The molecule has 3 aromatic rings. The van der Waals surface area contributed by atoms with Crippen molar-refractivity contribution >= 4 is 0 Å². The quantitative estimate of drug-likeness (QED) is 0.347. The van der Waals surface area contributed by atoms with Crippen molar-refractivity contribution in [1.82, 2.24) is 0 Å². The molecule has 0 saturated heterocycles. The summed E-state index contributed by atoms with van der Waals surface area (Å²) < 4.78 is 11.5. The van der Waals surface area contributed by atoms with Gasteiger partial charge < -0.3 is 9.47 Å². The first-order chi connectivity index (χ1) is 14.2. The van der Waals surface area contributed by atoms with Gasteiger partial charge in [0.15, 0.2) is 0 Å². The Bertz CT molecular complexity index is 853. The van der Waals surface area contributed by atoms with Gasteiger partial charge in [-0.25, -0.2) is 0 Å². The SMILES string of the molecule is COc1ccccc1[C@@H](CCCCc1ccccc1)c1ccc(OC(C)C)cc1. The first kappa shape index (κ1) is 21.0. The molecule has 0 heterocycles. The van der Waals surface area contributed by atoms with Crippen LogP contribution in [0, 0.1) is 0 Å². The molecule has 0 unspecified atom stereocenters. The molecule has 29 heavy (non-hydrogen) atoms. The fourth-order valence-corrected chi connectivity index (χ4v) is 3.83. The lowest BCUT2D eigenvalue weighted by atomic mass is 9.86. The molecule has 0 aliphatic carbocycles. The van der Waals surface area contributed by atoms with Crippen LogP contribution in [-0.2, 0) is 6.42 Å². The Hall–Kier alpha value is -2.74. The highest BCUT2D eigenvalue weighted by Crippen LogP contribution is 2.36. The van der Waals surface area contributed by atoms with Crippen molar-refractivity contribution in [2.24, 2.45) is 0 Å². The van der Waals surface area contributed by atoms with Crippen molar-refractivity contribution in [3.8, 4) is 11.5 Å². The van der Waals surface area contributed by atoms with Gasteiger partial charge in [-0.15, -0.1) is 0 Å². The minimum Gasteiger partial charge on any atom is -0.496 e. The molecule has 0 amide bonds. The molecule has 1 atom stereocenters. The van der Waals surface area contributed by atoms with E-state index in [0.29, 0.717) is 5.92 Å². The zero-order chi connectivity index (χ0) is 20.5. The molecule has 0 N–H and O–H groups in total. The van der Waals surface area contributed by atoms with Gasteiger partial charge >= 0.3 is 0 Å². The lowest BCUT2D eigenvalue weighted by Gasteiger charge is -2.21. The van der Waals surface area contributed by atoms with E-state index in [1.54, 1.807) is 7.11 Å². The van der Waals surface area contributed by atoms with Crippen LogP contribution in [0.5, 0.6) is 11.5 Å². The van der Waals surface area contributed by atoms with Crippen LogP contribution in [-0.4, -0.2) is 13.2 Å². The predicted molar refractivity (Wildman–Crippen MR) is 121 cm³/mol. The molecule has 0 spiro atoms. The zero-order valence-electron chi connectivity index (χ0n) is 17.8. The highest BCUT2D eigenvalue weighted by Gasteiger charge is 2.18. The molecule has 0 fully saturated rings. The van der Waals surface area contributed by atoms with Gasteiger partial charge in [0.25, 0.3) is 0 Å². The van der Waals surface area contributed by atoms with E-state index in [4.69, 9.17) is 9.47 Å². The zero-order valence-corrected chi connectivity index (χ0v) is 17.8. The summed E-state index contributed by atoms with van der Waals surface area (Å²) in [6.07, 6.45) is 4.76. The third kappa shape index (κ3) is 6.12. The van der Waals surface area contributed by atoms with E-state index in [1.165, 1.54) is 29.5 Å². The van der Waals surface area contributed by atoms with Gasteiger partial charge in [0.05, 0.1) is 13.2 Å². The number of hydrogen-bond donors (Lipinski definition) is 0. The largest absolute Gasteiger partial charge is 0.496 e. The van der Waals surface area contributed by atoms with E-state index >= 15 is 0 Å². The normalized spacial score (nSPS) is 12.0. The summed E-state index contributed by atoms with van der Waals surface area (Å²) in [7, 11) is 1.75. The fraction of sp³-hybridized carbons (Fsp3) is 0.333. The second kappa shape index (κ2) is 10.7. The van der Waals surface area contributed by atoms with Crippen molar-refractivity contribution in [2.45, 2.75) is 51.6 Å². The maximum atomic E-state index is 5.82. The Morgan fingerprint density at radius 3 is 2.14 bits per heavy atom. The average molecular weight is 389 g/mol. The van der Waals surface area contributed by atoms with E-state index in [2.05, 4.69) is 86.6 Å². The van der Waals surface area contributed by atoms with Gasteiger partial charge in [0.2, 0.25) is 0 Å². The molecule has 0 bridgehead atoms. The van der Waals surface area contributed by atoms with E-state index in [1.807, 2.05) is 6.07 Å². The highest BCUT2D eigenvalue weighted by atomic mass is 16.5. The highest BCUT2D eigenvalue weighted by molar-refractivity contribution is 5.43. The summed E-state index contributed by atoms with van der Waals surface area (Å²) in [4.78, 5) is 0. The van der Waals surface area contributed by atoms with E-state index in [0.717, 1.165) is 24.3 Å². The second-order valence-corrected chi connectivity index (χ2v) is 7.76. The molecule has 0 aromatic heterocycles. The maximum absolute atomic E-state index is 5.82. The summed E-state index contributed by atoms with van der Waals surface area (Å²) >= 11 is 0. The van der Waals surface area contributed by atoms with Gasteiger partial charge in [0, 0.05) is 11.5 Å². The van der Waals surface area contributed by atoms with Crippen LogP contribution in [0.1, 0.15) is 55.7 Å². The van der Waals surface area contributed by atoms with Gasteiger partial charge in [-0.1, -0.05) is 67.1 Å². The Morgan fingerprint density at radius 2 is 1.45 bits per heavy atom. The molecular formula is C27H32O2. The van der Waals surface area contributed by atoms with Crippen LogP contribution in [0.2, 0.25) is 0 Å². The number of hydrogen-bond acceptors (Lipinski definition) is 2. The molecule has 2 heteroatoms. The molecule has 2 nitrogen and oxygen atoms in total. The smallest absolute Gasteiger partial charge is 0.122 e. The first-order valence-electron chi connectivity index (χ1n) is 10.6. The molecule has 3 rings (SSSR count). The topological polar surface area (TPSA) is 18.5 Å². The number of benzene rings is 3. The predicted octanol–water partition coefficient (Wildman–Crippen LogP) is 7.03.